The lowest BCUT2D eigenvalue weighted by molar-refractivity contribution is -0.136. The van der Waals surface area contributed by atoms with E-state index in [1.54, 1.807) is 70.2 Å². The van der Waals surface area contributed by atoms with Crippen molar-refractivity contribution in [1.29, 1.82) is 0 Å². The summed E-state index contributed by atoms with van der Waals surface area (Å²) in [4.78, 5) is 25.9. The number of anilines is 1. The Morgan fingerprint density at radius 3 is 2.48 bits per heavy atom. The quantitative estimate of drug-likeness (QED) is 0.303. The second kappa shape index (κ2) is 12.4. The molecule has 0 bridgehead atoms. The maximum absolute atomic E-state index is 16.0. The van der Waals surface area contributed by atoms with Crippen LogP contribution in [0.5, 0.6) is 5.75 Å². The molecule has 0 aromatic heterocycles. The number of ether oxygens (including phenoxy) is 2. The van der Waals surface area contributed by atoms with E-state index < -0.39 is 29.5 Å². The number of carbonyl (C=O) groups is 2. The predicted octanol–water partition coefficient (Wildman–Crippen LogP) is 6.88. The van der Waals surface area contributed by atoms with Gasteiger partial charge in [-0.05, 0) is 75.9 Å². The smallest absolute Gasteiger partial charge is 0.408 e. The molecule has 0 aliphatic carbocycles. The van der Waals surface area contributed by atoms with Crippen LogP contribution in [0, 0.1) is 5.82 Å². The number of benzene rings is 3. The Bertz CT molecular complexity index is 1360. The van der Waals surface area contributed by atoms with Gasteiger partial charge in [-0.2, -0.15) is 0 Å². The molecule has 7 nitrogen and oxygen atoms in total. The van der Waals surface area contributed by atoms with Crippen molar-refractivity contribution >= 4 is 17.7 Å². The summed E-state index contributed by atoms with van der Waals surface area (Å²) >= 11 is 0. The average molecular weight is 549 g/mol. The number of carbonyl (C=O) groups excluding carboxylic acids is 1. The van der Waals surface area contributed by atoms with Crippen molar-refractivity contribution in [3.8, 4) is 16.9 Å². The van der Waals surface area contributed by atoms with E-state index in [-0.39, 0.29) is 13.0 Å². The summed E-state index contributed by atoms with van der Waals surface area (Å²) in [5.41, 5.74) is 3.24. The lowest BCUT2D eigenvalue weighted by Gasteiger charge is -2.23. The van der Waals surface area contributed by atoms with Gasteiger partial charge in [0.1, 0.15) is 23.8 Å². The lowest BCUT2D eigenvalue weighted by Crippen LogP contribution is -2.34. The zero-order valence-corrected chi connectivity index (χ0v) is 23.5. The van der Waals surface area contributed by atoms with E-state index in [2.05, 4.69) is 10.2 Å². The van der Waals surface area contributed by atoms with Gasteiger partial charge < -0.3 is 24.8 Å². The average Bonchev–Trinajstić information content (AvgIpc) is 3.42. The van der Waals surface area contributed by atoms with Gasteiger partial charge in [0.2, 0.25) is 0 Å². The fourth-order valence-corrected chi connectivity index (χ4v) is 4.85. The number of nitrogens with one attached hydrogen (secondary N) is 1. The molecule has 1 aliphatic rings. The molecular formula is C32H37FN2O5. The van der Waals surface area contributed by atoms with Crippen molar-refractivity contribution < 1.29 is 28.6 Å². The van der Waals surface area contributed by atoms with Crippen molar-refractivity contribution in [3.63, 3.8) is 0 Å². The highest BCUT2D eigenvalue weighted by Gasteiger charge is 2.22. The third-order valence-corrected chi connectivity index (χ3v) is 6.70. The Kier molecular flexibility index (Phi) is 8.97. The molecule has 0 spiro atoms. The Balaban J connectivity index is 1.64. The zero-order valence-electron chi connectivity index (χ0n) is 23.5. The van der Waals surface area contributed by atoms with Gasteiger partial charge in [-0.25, -0.2) is 9.18 Å². The number of carboxylic acid groups (broad SMARTS) is 1. The van der Waals surface area contributed by atoms with Crippen LogP contribution in [0.4, 0.5) is 14.9 Å². The van der Waals surface area contributed by atoms with Gasteiger partial charge in [0.25, 0.3) is 0 Å². The van der Waals surface area contributed by atoms with Gasteiger partial charge >= 0.3 is 12.1 Å². The molecule has 1 amide bonds. The summed E-state index contributed by atoms with van der Waals surface area (Å²) in [7, 11) is 0. The molecule has 8 heteroatoms. The molecule has 1 aliphatic heterocycles. The third-order valence-electron chi connectivity index (χ3n) is 6.70. The first-order chi connectivity index (χ1) is 19.0. The van der Waals surface area contributed by atoms with Crippen molar-refractivity contribution in [2.45, 2.75) is 65.2 Å². The largest absolute Gasteiger partial charge is 0.489 e. The molecule has 3 aromatic rings. The summed E-state index contributed by atoms with van der Waals surface area (Å²) in [6, 6.07) is 17.6. The summed E-state index contributed by atoms with van der Waals surface area (Å²) in [6.07, 6.45) is 1.44. The van der Waals surface area contributed by atoms with Crippen LogP contribution in [-0.2, 0) is 22.6 Å². The summed E-state index contributed by atoms with van der Waals surface area (Å²) in [5.74, 6) is -0.836. The monoisotopic (exact) mass is 548 g/mol. The molecule has 3 aromatic carbocycles. The summed E-state index contributed by atoms with van der Waals surface area (Å²) in [6.45, 7) is 9.09. The van der Waals surface area contributed by atoms with Gasteiger partial charge in [-0.3, -0.25) is 4.79 Å². The molecule has 2 N–H and O–H groups in total. The van der Waals surface area contributed by atoms with Crippen LogP contribution in [0.3, 0.4) is 0 Å². The van der Waals surface area contributed by atoms with Crippen LogP contribution in [-0.4, -0.2) is 35.9 Å². The standard InChI is InChI=1S/C32H37FN2O5/c1-21(34-31(38)40-32(2,3)4)26-11-9-12-27(30(26)33)24-16-22(17-25(18-24)35-14-7-8-15-35)20-39-28-13-6-5-10-23(28)19-29(36)37/h5-6,9-13,16-18,21H,7-8,14-15,19-20H2,1-4H3,(H,34,38)(H,36,37). The minimum absolute atomic E-state index is 0.136. The molecule has 1 unspecified atom stereocenters. The normalized spacial score (nSPS) is 14.1. The van der Waals surface area contributed by atoms with Gasteiger partial charge in [0.05, 0.1) is 12.5 Å². The van der Waals surface area contributed by atoms with Crippen LogP contribution < -0.4 is 15.0 Å². The molecule has 212 valence electrons. The minimum Gasteiger partial charge on any atom is -0.489 e. The number of amides is 1. The van der Waals surface area contributed by atoms with E-state index in [9.17, 15) is 14.7 Å². The maximum Gasteiger partial charge on any atom is 0.408 e. The van der Waals surface area contributed by atoms with Crippen LogP contribution in [0.15, 0.2) is 60.7 Å². The summed E-state index contributed by atoms with van der Waals surface area (Å²) in [5, 5.41) is 12.0. The molecule has 0 radical (unpaired) electrons. The fraction of sp³-hybridized carbons (Fsp3) is 0.375. The van der Waals surface area contributed by atoms with E-state index in [4.69, 9.17) is 9.47 Å². The molecule has 0 saturated carbocycles. The molecule has 1 atom stereocenters. The van der Waals surface area contributed by atoms with Crippen molar-refractivity contribution in [1.82, 2.24) is 5.32 Å². The number of rotatable bonds is 9. The molecule has 40 heavy (non-hydrogen) atoms. The Hall–Kier alpha value is -4.07. The minimum atomic E-state index is -0.930. The van der Waals surface area contributed by atoms with E-state index in [0.717, 1.165) is 37.2 Å². The van der Waals surface area contributed by atoms with Gasteiger partial charge in [0, 0.05) is 35.5 Å². The van der Waals surface area contributed by atoms with E-state index in [0.29, 0.717) is 28.0 Å². The highest BCUT2D eigenvalue weighted by molar-refractivity contribution is 5.73. The predicted molar refractivity (Wildman–Crippen MR) is 153 cm³/mol. The number of hydrogen-bond donors (Lipinski definition) is 2. The Labute approximate surface area is 234 Å². The molecule has 1 fully saturated rings. The van der Waals surface area contributed by atoms with Gasteiger partial charge in [-0.1, -0.05) is 36.4 Å². The number of carboxylic acids is 1. The van der Waals surface area contributed by atoms with Crippen molar-refractivity contribution in [2.24, 2.45) is 0 Å². The molecule has 1 saturated heterocycles. The van der Waals surface area contributed by atoms with Crippen molar-refractivity contribution in [2.75, 3.05) is 18.0 Å². The van der Waals surface area contributed by atoms with Gasteiger partial charge in [-0.15, -0.1) is 0 Å². The maximum atomic E-state index is 16.0. The molecule has 1 heterocycles. The fourth-order valence-electron chi connectivity index (χ4n) is 4.85. The SMILES string of the molecule is CC(NC(=O)OC(C)(C)C)c1cccc(-c2cc(COc3ccccc3CC(=O)O)cc(N3CCCC3)c2)c1F. The van der Waals surface area contributed by atoms with E-state index in [1.807, 2.05) is 18.2 Å². The first-order valence-electron chi connectivity index (χ1n) is 13.6. The zero-order chi connectivity index (χ0) is 28.9. The number of nitrogens with zero attached hydrogens (tertiary/aromatic N) is 1. The van der Waals surface area contributed by atoms with Crippen molar-refractivity contribution in [3.05, 3.63) is 83.2 Å². The van der Waals surface area contributed by atoms with Crippen LogP contribution in [0.25, 0.3) is 11.1 Å². The highest BCUT2D eigenvalue weighted by Crippen LogP contribution is 2.33. The topological polar surface area (TPSA) is 88.1 Å². The van der Waals surface area contributed by atoms with Crippen LogP contribution >= 0.6 is 0 Å². The number of alkyl carbamates (subject to hydrolysis) is 1. The van der Waals surface area contributed by atoms with Crippen LogP contribution in [0.2, 0.25) is 0 Å². The van der Waals surface area contributed by atoms with Gasteiger partial charge in [0.15, 0.2) is 0 Å². The first kappa shape index (κ1) is 28.9. The Morgan fingerprint density at radius 2 is 1.77 bits per heavy atom. The number of aliphatic carboxylic acids is 1. The number of hydrogen-bond acceptors (Lipinski definition) is 5. The molecule has 4 rings (SSSR count). The van der Waals surface area contributed by atoms with E-state index >= 15 is 4.39 Å². The first-order valence-corrected chi connectivity index (χ1v) is 13.6. The lowest BCUT2D eigenvalue weighted by atomic mass is 9.97. The third kappa shape index (κ3) is 7.52. The summed E-state index contributed by atoms with van der Waals surface area (Å²) < 4.78 is 27.4. The number of para-hydroxylation sites is 1. The molecular weight excluding hydrogens is 511 g/mol. The van der Waals surface area contributed by atoms with E-state index in [1.165, 1.54) is 0 Å². The number of halogens is 1. The highest BCUT2D eigenvalue weighted by atomic mass is 19.1. The second-order valence-electron chi connectivity index (χ2n) is 11.1. The second-order valence-corrected chi connectivity index (χ2v) is 11.1. The van der Waals surface area contributed by atoms with Crippen LogP contribution in [0.1, 0.15) is 63.3 Å². The Morgan fingerprint density at radius 1 is 1.05 bits per heavy atom.